The average molecular weight is 431 g/mol. The Morgan fingerprint density at radius 1 is 1.10 bits per heavy atom. The number of benzene rings is 1. The zero-order valence-electron chi connectivity index (χ0n) is 18.1. The van der Waals surface area contributed by atoms with E-state index in [1.54, 1.807) is 16.2 Å². The summed E-state index contributed by atoms with van der Waals surface area (Å²) in [5.41, 5.74) is 2.14. The zero-order chi connectivity index (χ0) is 21.7. The first-order valence-corrected chi connectivity index (χ1v) is 11.2. The smallest absolute Gasteiger partial charge is 0.242 e. The van der Waals surface area contributed by atoms with E-state index in [0.29, 0.717) is 25.4 Å². The first-order chi connectivity index (χ1) is 14.4. The van der Waals surface area contributed by atoms with Crippen LogP contribution in [0.3, 0.4) is 0 Å². The first kappa shape index (κ1) is 22.2. The molecular formula is C23H30N2O4S. The molecular weight excluding hydrogens is 400 g/mol. The number of rotatable bonds is 9. The number of carbonyl (C=O) groups is 2. The molecule has 1 aliphatic rings. The maximum atomic E-state index is 13.3. The van der Waals surface area contributed by atoms with Gasteiger partial charge in [0.15, 0.2) is 11.5 Å². The first-order valence-electron chi connectivity index (χ1n) is 10.4. The number of fused-ring (bicyclic) bond motifs is 1. The summed E-state index contributed by atoms with van der Waals surface area (Å²) in [5.74, 6) is 1.26. The minimum atomic E-state index is -0.133. The molecule has 0 N–H and O–H groups in total. The second kappa shape index (κ2) is 9.98. The van der Waals surface area contributed by atoms with E-state index in [9.17, 15) is 9.59 Å². The van der Waals surface area contributed by atoms with Gasteiger partial charge in [-0.15, -0.1) is 11.3 Å². The topological polar surface area (TPSA) is 59.1 Å². The van der Waals surface area contributed by atoms with E-state index in [0.717, 1.165) is 22.6 Å². The van der Waals surface area contributed by atoms with Gasteiger partial charge in [0.05, 0.1) is 13.1 Å². The molecule has 0 atom stereocenters. The number of hydrogen-bond acceptors (Lipinski definition) is 5. The van der Waals surface area contributed by atoms with Crippen LogP contribution < -0.4 is 9.47 Å². The van der Waals surface area contributed by atoms with E-state index in [4.69, 9.17) is 9.47 Å². The van der Waals surface area contributed by atoms with Gasteiger partial charge in [0.1, 0.15) is 0 Å². The molecule has 0 saturated heterocycles. The Bertz CT molecular complexity index is 893. The summed E-state index contributed by atoms with van der Waals surface area (Å²) in [5, 5.41) is 2.04. The van der Waals surface area contributed by atoms with E-state index < -0.39 is 0 Å². The van der Waals surface area contributed by atoms with Crippen molar-refractivity contribution in [2.75, 3.05) is 19.9 Å². The van der Waals surface area contributed by atoms with Crippen molar-refractivity contribution < 1.29 is 19.1 Å². The Kier molecular flexibility index (Phi) is 7.37. The lowest BCUT2D eigenvalue weighted by Crippen LogP contribution is -2.44. The van der Waals surface area contributed by atoms with Crippen LogP contribution in [0.1, 0.15) is 43.2 Å². The van der Waals surface area contributed by atoms with Crippen LogP contribution in [0.25, 0.3) is 0 Å². The highest BCUT2D eigenvalue weighted by molar-refractivity contribution is 7.10. The van der Waals surface area contributed by atoms with Crippen LogP contribution in [0.4, 0.5) is 0 Å². The van der Waals surface area contributed by atoms with Crippen molar-refractivity contribution in [2.24, 2.45) is 5.92 Å². The fourth-order valence-corrected chi connectivity index (χ4v) is 4.32. The Morgan fingerprint density at radius 3 is 2.53 bits per heavy atom. The number of amides is 2. The fraction of sp³-hybridized carbons (Fsp3) is 0.478. The van der Waals surface area contributed by atoms with Gasteiger partial charge < -0.3 is 19.3 Å². The summed E-state index contributed by atoms with van der Waals surface area (Å²) in [6, 6.07) is 7.82. The molecule has 0 aliphatic carbocycles. The predicted octanol–water partition coefficient (Wildman–Crippen LogP) is 4.21. The molecule has 0 unspecified atom stereocenters. The predicted molar refractivity (Wildman–Crippen MR) is 118 cm³/mol. The summed E-state index contributed by atoms with van der Waals surface area (Å²) in [4.78, 5) is 30.5. The lowest BCUT2D eigenvalue weighted by molar-refractivity contribution is -0.143. The third-order valence-corrected chi connectivity index (χ3v) is 6.10. The number of nitrogens with zero attached hydrogens (tertiary/aromatic N) is 2. The summed E-state index contributed by atoms with van der Waals surface area (Å²) < 4.78 is 10.9. The van der Waals surface area contributed by atoms with E-state index in [2.05, 4.69) is 13.0 Å². The molecule has 2 aromatic rings. The maximum absolute atomic E-state index is 13.3. The lowest BCUT2D eigenvalue weighted by atomic mass is 10.1. The van der Waals surface area contributed by atoms with Crippen molar-refractivity contribution in [3.05, 3.63) is 45.6 Å². The molecule has 30 heavy (non-hydrogen) atoms. The molecule has 7 heteroatoms. The van der Waals surface area contributed by atoms with Crippen LogP contribution in [-0.2, 0) is 22.7 Å². The van der Waals surface area contributed by atoms with Crippen molar-refractivity contribution in [1.29, 1.82) is 0 Å². The second-order valence-corrected chi connectivity index (χ2v) is 8.88. The SMILES string of the molecule is CCCN(CC(=O)N(Cc1ccc2c(c1)OCO2)Cc1sccc1C)C(=O)C(C)C. The highest BCUT2D eigenvalue weighted by Gasteiger charge is 2.24. The number of carbonyl (C=O) groups excluding carboxylic acids is 2. The molecule has 3 rings (SSSR count). The monoisotopic (exact) mass is 430 g/mol. The van der Waals surface area contributed by atoms with Crippen LogP contribution in [0, 0.1) is 12.8 Å². The van der Waals surface area contributed by atoms with Crippen molar-refractivity contribution in [3.63, 3.8) is 0 Å². The van der Waals surface area contributed by atoms with Crippen molar-refractivity contribution >= 4 is 23.2 Å². The van der Waals surface area contributed by atoms with Crippen LogP contribution in [-0.4, -0.2) is 41.5 Å². The Labute approximate surface area is 182 Å². The molecule has 0 spiro atoms. The molecule has 2 heterocycles. The van der Waals surface area contributed by atoms with E-state index in [1.807, 2.05) is 49.3 Å². The number of aryl methyl sites for hydroxylation is 1. The number of thiophene rings is 1. The molecule has 0 bridgehead atoms. The van der Waals surface area contributed by atoms with Gasteiger partial charge in [0.2, 0.25) is 18.6 Å². The van der Waals surface area contributed by atoms with Crippen LogP contribution in [0.2, 0.25) is 0 Å². The van der Waals surface area contributed by atoms with E-state index >= 15 is 0 Å². The highest BCUT2D eigenvalue weighted by atomic mass is 32.1. The van der Waals surface area contributed by atoms with Gasteiger partial charge in [-0.2, -0.15) is 0 Å². The summed E-state index contributed by atoms with van der Waals surface area (Å²) in [6.45, 7) is 9.68. The van der Waals surface area contributed by atoms with Gasteiger partial charge in [-0.05, 0) is 48.1 Å². The molecule has 0 saturated carbocycles. The summed E-state index contributed by atoms with van der Waals surface area (Å²) in [7, 11) is 0. The summed E-state index contributed by atoms with van der Waals surface area (Å²) in [6.07, 6.45) is 0.817. The largest absolute Gasteiger partial charge is 0.454 e. The van der Waals surface area contributed by atoms with Crippen molar-refractivity contribution in [2.45, 2.75) is 47.2 Å². The minimum absolute atomic E-state index is 0.0144. The third kappa shape index (κ3) is 5.33. The summed E-state index contributed by atoms with van der Waals surface area (Å²) >= 11 is 1.65. The average Bonchev–Trinajstić information content (AvgIpc) is 3.34. The number of ether oxygens (including phenoxy) is 2. The van der Waals surface area contributed by atoms with Crippen molar-refractivity contribution in [1.82, 2.24) is 9.80 Å². The van der Waals surface area contributed by atoms with E-state index in [1.165, 1.54) is 5.56 Å². The van der Waals surface area contributed by atoms with Gasteiger partial charge in [0.25, 0.3) is 0 Å². The quantitative estimate of drug-likeness (QED) is 0.598. The van der Waals surface area contributed by atoms with Crippen LogP contribution >= 0.6 is 11.3 Å². The molecule has 0 fully saturated rings. The lowest BCUT2D eigenvalue weighted by Gasteiger charge is -2.28. The molecule has 1 aromatic carbocycles. The minimum Gasteiger partial charge on any atom is -0.454 e. The molecule has 0 radical (unpaired) electrons. The van der Waals surface area contributed by atoms with Gasteiger partial charge in [-0.25, -0.2) is 0 Å². The Morgan fingerprint density at radius 2 is 1.87 bits per heavy atom. The third-order valence-electron chi connectivity index (χ3n) is 5.09. The van der Waals surface area contributed by atoms with Crippen LogP contribution in [0.5, 0.6) is 11.5 Å². The normalized spacial score (nSPS) is 12.3. The zero-order valence-corrected chi connectivity index (χ0v) is 19.0. The van der Waals surface area contributed by atoms with Crippen molar-refractivity contribution in [3.8, 4) is 11.5 Å². The molecule has 1 aliphatic heterocycles. The molecule has 1 aromatic heterocycles. The standard InChI is InChI=1S/C23H30N2O4S/c1-5-9-24(23(27)16(2)3)14-22(26)25(13-21-17(4)8-10-30-21)12-18-6-7-19-20(11-18)29-15-28-19/h6-8,10-11,16H,5,9,12-15H2,1-4H3. The Hall–Kier alpha value is -2.54. The molecule has 2 amide bonds. The van der Waals surface area contributed by atoms with Gasteiger partial charge in [0, 0.05) is 23.9 Å². The molecule has 6 nitrogen and oxygen atoms in total. The van der Waals surface area contributed by atoms with Gasteiger partial charge in [-0.1, -0.05) is 26.8 Å². The fourth-order valence-electron chi connectivity index (χ4n) is 3.40. The second-order valence-electron chi connectivity index (χ2n) is 7.88. The number of hydrogen-bond donors (Lipinski definition) is 0. The Balaban J connectivity index is 1.80. The maximum Gasteiger partial charge on any atom is 0.242 e. The van der Waals surface area contributed by atoms with E-state index in [-0.39, 0.29) is 31.1 Å². The highest BCUT2D eigenvalue weighted by Crippen LogP contribution is 2.33. The molecule has 162 valence electrons. The van der Waals surface area contributed by atoms with Gasteiger partial charge in [-0.3, -0.25) is 9.59 Å². The van der Waals surface area contributed by atoms with Crippen LogP contribution in [0.15, 0.2) is 29.6 Å². The van der Waals surface area contributed by atoms with Gasteiger partial charge >= 0.3 is 0 Å².